The summed E-state index contributed by atoms with van der Waals surface area (Å²) in [6.45, 7) is 3.16. The number of aryl methyl sites for hydroxylation is 1. The van der Waals surface area contributed by atoms with Crippen LogP contribution in [0.2, 0.25) is 0 Å². The summed E-state index contributed by atoms with van der Waals surface area (Å²) in [5, 5.41) is 19.6. The highest BCUT2D eigenvalue weighted by Gasteiger charge is 2.31. The fourth-order valence-corrected chi connectivity index (χ4v) is 4.58. The van der Waals surface area contributed by atoms with Crippen LogP contribution in [0.3, 0.4) is 0 Å². The van der Waals surface area contributed by atoms with Crippen molar-refractivity contribution in [2.75, 3.05) is 19.7 Å². The van der Waals surface area contributed by atoms with Crippen molar-refractivity contribution in [1.29, 1.82) is 0 Å². The van der Waals surface area contributed by atoms with E-state index in [9.17, 15) is 23.1 Å². The molecule has 0 bridgehead atoms. The van der Waals surface area contributed by atoms with Crippen LogP contribution in [0.1, 0.15) is 54.5 Å². The molecule has 5 nitrogen and oxygen atoms in total. The summed E-state index contributed by atoms with van der Waals surface area (Å²) in [6.07, 6.45) is -2.65. The van der Waals surface area contributed by atoms with Crippen LogP contribution in [-0.2, 0) is 28.5 Å². The molecular formula is C26H32F3NO4. The molecule has 3 rings (SSSR count). The van der Waals surface area contributed by atoms with Crippen molar-refractivity contribution in [3.63, 3.8) is 0 Å². The van der Waals surface area contributed by atoms with E-state index in [4.69, 9.17) is 9.84 Å². The summed E-state index contributed by atoms with van der Waals surface area (Å²) in [5.41, 5.74) is 1.82. The zero-order chi connectivity index (χ0) is 24.7. The molecule has 186 valence electrons. The molecule has 1 saturated heterocycles. The predicted octanol–water partition coefficient (Wildman–Crippen LogP) is 4.87. The monoisotopic (exact) mass is 479 g/mol. The molecule has 2 aromatic rings. The molecule has 0 unspecified atom stereocenters. The molecule has 3 atom stereocenters. The summed E-state index contributed by atoms with van der Waals surface area (Å²) in [6, 6.07) is 13.0. The summed E-state index contributed by atoms with van der Waals surface area (Å²) < 4.78 is 45.0. The minimum atomic E-state index is -4.36. The third kappa shape index (κ3) is 7.55. The number of nitrogens with zero attached hydrogens (tertiary/aromatic N) is 1. The topological polar surface area (TPSA) is 70.0 Å². The van der Waals surface area contributed by atoms with Crippen LogP contribution < -0.4 is 0 Å². The largest absolute Gasteiger partial charge is 0.481 e. The van der Waals surface area contributed by atoms with Gasteiger partial charge in [0.15, 0.2) is 0 Å². The molecule has 0 aromatic heterocycles. The van der Waals surface area contributed by atoms with Gasteiger partial charge in [-0.05, 0) is 61.9 Å². The first-order valence-electron chi connectivity index (χ1n) is 11.6. The molecule has 0 saturated carbocycles. The maximum absolute atomic E-state index is 13.0. The van der Waals surface area contributed by atoms with Crippen molar-refractivity contribution in [3.8, 4) is 0 Å². The van der Waals surface area contributed by atoms with Crippen molar-refractivity contribution in [3.05, 3.63) is 70.8 Å². The fourth-order valence-electron chi connectivity index (χ4n) is 4.58. The number of carbonyl (C=O) groups is 1. The number of rotatable bonds is 11. The Kier molecular flexibility index (Phi) is 9.10. The van der Waals surface area contributed by atoms with E-state index in [2.05, 4.69) is 4.90 Å². The lowest BCUT2D eigenvalue weighted by Crippen LogP contribution is -2.39. The maximum atomic E-state index is 13.0. The van der Waals surface area contributed by atoms with Crippen molar-refractivity contribution < 1.29 is 32.9 Å². The molecule has 34 heavy (non-hydrogen) atoms. The number of aliphatic carboxylic acids is 1. The molecule has 2 aromatic carbocycles. The number of hydrogen-bond donors (Lipinski definition) is 2. The first-order valence-corrected chi connectivity index (χ1v) is 11.6. The molecule has 8 heteroatoms. The van der Waals surface area contributed by atoms with Crippen LogP contribution in [0.4, 0.5) is 13.2 Å². The second-order valence-electron chi connectivity index (χ2n) is 8.92. The van der Waals surface area contributed by atoms with E-state index in [1.807, 2.05) is 31.2 Å². The summed E-state index contributed by atoms with van der Waals surface area (Å²) >= 11 is 0. The van der Waals surface area contributed by atoms with Gasteiger partial charge < -0.3 is 14.9 Å². The Hall–Kier alpha value is -2.42. The Balaban J connectivity index is 1.53. The lowest BCUT2D eigenvalue weighted by molar-refractivity contribution is -0.138. The lowest BCUT2D eigenvalue weighted by Gasteiger charge is -2.28. The van der Waals surface area contributed by atoms with Gasteiger partial charge in [0.25, 0.3) is 0 Å². The average Bonchev–Trinajstić information content (AvgIpc) is 3.22. The predicted molar refractivity (Wildman–Crippen MR) is 123 cm³/mol. The number of alkyl halides is 3. The maximum Gasteiger partial charge on any atom is 0.416 e. The number of hydrogen-bond acceptors (Lipinski definition) is 4. The zero-order valence-corrected chi connectivity index (χ0v) is 19.3. The summed E-state index contributed by atoms with van der Waals surface area (Å²) in [7, 11) is 0. The molecule has 1 fully saturated rings. The Labute approximate surface area is 198 Å². The van der Waals surface area contributed by atoms with E-state index in [0.29, 0.717) is 24.9 Å². The van der Waals surface area contributed by atoms with Crippen molar-refractivity contribution in [1.82, 2.24) is 4.90 Å². The van der Waals surface area contributed by atoms with E-state index in [1.165, 1.54) is 12.1 Å². The molecule has 1 aliphatic rings. The highest BCUT2D eigenvalue weighted by Crippen LogP contribution is 2.31. The van der Waals surface area contributed by atoms with Crippen LogP contribution >= 0.6 is 0 Å². The Morgan fingerprint density at radius 3 is 2.71 bits per heavy atom. The van der Waals surface area contributed by atoms with Gasteiger partial charge in [0.1, 0.15) is 0 Å². The number of halogens is 3. The van der Waals surface area contributed by atoms with Gasteiger partial charge in [0, 0.05) is 19.0 Å². The molecule has 1 aliphatic heterocycles. The normalized spacial score (nSPS) is 18.7. The lowest BCUT2D eigenvalue weighted by atomic mass is 9.99. The van der Waals surface area contributed by atoms with Crippen LogP contribution in [0.15, 0.2) is 48.5 Å². The van der Waals surface area contributed by atoms with E-state index >= 15 is 0 Å². The van der Waals surface area contributed by atoms with Crippen molar-refractivity contribution >= 4 is 5.97 Å². The van der Waals surface area contributed by atoms with Crippen LogP contribution in [-0.4, -0.2) is 52.9 Å². The second-order valence-corrected chi connectivity index (χ2v) is 8.92. The number of β-amino-alcohol motifs (C(OH)–C–C–N with tert-alkyl or cyclic N) is 1. The van der Waals surface area contributed by atoms with Crippen LogP contribution in [0, 0.1) is 0 Å². The molecule has 0 amide bonds. The number of ether oxygens (including phenoxy) is 1. The van der Waals surface area contributed by atoms with Gasteiger partial charge in [-0.3, -0.25) is 9.69 Å². The van der Waals surface area contributed by atoms with E-state index in [1.54, 1.807) is 6.07 Å². The standard InChI is InChI=1S/C26H32F3NO4/c1-18(24-10-3-2-7-20(24)11-12-25(32)33)34-17-23(31)16-30-13-5-9-22(30)15-19-6-4-8-21(14-19)26(27,28)29/h2-4,6-8,10,14,18,22-23,31H,5,9,11-13,15-17H2,1H3,(H,32,33)/t18-,22+,23-/m1/s1. The second kappa shape index (κ2) is 11.8. The van der Waals surface area contributed by atoms with Gasteiger partial charge in [-0.15, -0.1) is 0 Å². The SMILES string of the molecule is C[C@@H](OC[C@H](O)CN1CCC[C@H]1Cc1cccc(C(F)(F)F)c1)c1ccccc1CCC(=O)O. The number of likely N-dealkylation sites (tertiary alicyclic amines) is 1. The summed E-state index contributed by atoms with van der Waals surface area (Å²) in [4.78, 5) is 13.0. The number of aliphatic hydroxyl groups is 1. The number of carboxylic acids is 1. The highest BCUT2D eigenvalue weighted by atomic mass is 19.4. The van der Waals surface area contributed by atoms with E-state index < -0.39 is 23.8 Å². The third-order valence-electron chi connectivity index (χ3n) is 6.31. The zero-order valence-electron chi connectivity index (χ0n) is 19.3. The van der Waals surface area contributed by atoms with Crippen molar-refractivity contribution in [2.45, 2.75) is 63.5 Å². The van der Waals surface area contributed by atoms with Crippen molar-refractivity contribution in [2.24, 2.45) is 0 Å². The Morgan fingerprint density at radius 2 is 1.97 bits per heavy atom. The molecular weight excluding hydrogens is 447 g/mol. The van der Waals surface area contributed by atoms with Gasteiger partial charge in [-0.1, -0.05) is 42.5 Å². The first-order chi connectivity index (χ1) is 16.1. The number of benzene rings is 2. The van der Waals surface area contributed by atoms with Crippen LogP contribution in [0.5, 0.6) is 0 Å². The minimum Gasteiger partial charge on any atom is -0.481 e. The Morgan fingerprint density at radius 1 is 1.21 bits per heavy atom. The minimum absolute atomic E-state index is 0.0363. The summed E-state index contributed by atoms with van der Waals surface area (Å²) in [5.74, 6) is -0.857. The molecule has 0 spiro atoms. The van der Waals surface area contributed by atoms with Gasteiger partial charge in [-0.2, -0.15) is 13.2 Å². The molecule has 2 N–H and O–H groups in total. The van der Waals surface area contributed by atoms with E-state index in [-0.39, 0.29) is 25.2 Å². The Bertz CT molecular complexity index is 950. The number of aliphatic hydroxyl groups excluding tert-OH is 1. The number of carboxylic acid groups (broad SMARTS) is 1. The van der Waals surface area contributed by atoms with E-state index in [0.717, 1.165) is 36.6 Å². The van der Waals surface area contributed by atoms with Gasteiger partial charge in [0.05, 0.1) is 24.4 Å². The quantitative estimate of drug-likeness (QED) is 0.481. The first kappa shape index (κ1) is 26.2. The molecule has 1 heterocycles. The average molecular weight is 480 g/mol. The van der Waals surface area contributed by atoms with Crippen LogP contribution in [0.25, 0.3) is 0 Å². The highest BCUT2D eigenvalue weighted by molar-refractivity contribution is 5.67. The fraction of sp³-hybridized carbons (Fsp3) is 0.500. The van der Waals surface area contributed by atoms with Gasteiger partial charge in [-0.25, -0.2) is 0 Å². The van der Waals surface area contributed by atoms with Gasteiger partial charge >= 0.3 is 12.1 Å². The van der Waals surface area contributed by atoms with Gasteiger partial charge in [0.2, 0.25) is 0 Å². The third-order valence-corrected chi connectivity index (χ3v) is 6.31. The smallest absolute Gasteiger partial charge is 0.416 e. The molecule has 0 aliphatic carbocycles. The molecule has 0 radical (unpaired) electrons.